The van der Waals surface area contributed by atoms with E-state index in [2.05, 4.69) is 18.7 Å². The van der Waals surface area contributed by atoms with E-state index in [-0.39, 0.29) is 0 Å². The molecule has 0 saturated carbocycles. The zero-order valence-corrected chi connectivity index (χ0v) is 9.62. The summed E-state index contributed by atoms with van der Waals surface area (Å²) >= 11 is 0. The molecule has 0 radical (unpaired) electrons. The summed E-state index contributed by atoms with van der Waals surface area (Å²) < 4.78 is 0. The second-order valence-corrected chi connectivity index (χ2v) is 5.23. The van der Waals surface area contributed by atoms with Gasteiger partial charge in [0, 0.05) is 31.6 Å². The monoisotopic (exact) mass is 198 g/mol. The van der Waals surface area contributed by atoms with Gasteiger partial charge >= 0.3 is 0 Å². The quantitative estimate of drug-likeness (QED) is 0.632. The zero-order valence-electron chi connectivity index (χ0n) is 9.62. The topological polar surface area (TPSA) is 15.7 Å². The predicted octanol–water partition coefficient (Wildman–Crippen LogP) is 1.35. The minimum atomic E-state index is 0.428. The largest absolute Gasteiger partial charge is 0.300 e. The van der Waals surface area contributed by atoms with Crippen molar-refractivity contribution in [3.8, 4) is 0 Å². The van der Waals surface area contributed by atoms with Crippen molar-refractivity contribution < 1.29 is 4.84 Å². The SMILES string of the molecule is CC(C)N1CCCC2(CON(C)C2)C1. The molecular formula is C11H22N2O. The van der Waals surface area contributed by atoms with Crippen LogP contribution in [0, 0.1) is 5.41 Å². The van der Waals surface area contributed by atoms with Crippen molar-refractivity contribution >= 4 is 0 Å². The Morgan fingerprint density at radius 1 is 1.29 bits per heavy atom. The molecule has 0 bridgehead atoms. The Balaban J connectivity index is 1.99. The van der Waals surface area contributed by atoms with E-state index in [1.165, 1.54) is 25.9 Å². The highest BCUT2D eigenvalue weighted by Crippen LogP contribution is 2.35. The highest BCUT2D eigenvalue weighted by Gasteiger charge is 2.41. The van der Waals surface area contributed by atoms with Gasteiger partial charge in [-0.2, -0.15) is 5.06 Å². The molecule has 0 aromatic rings. The van der Waals surface area contributed by atoms with Crippen molar-refractivity contribution in [2.75, 3.05) is 33.3 Å². The second kappa shape index (κ2) is 3.80. The molecule has 0 amide bonds. The lowest BCUT2D eigenvalue weighted by Crippen LogP contribution is -2.48. The number of piperidine rings is 1. The summed E-state index contributed by atoms with van der Waals surface area (Å²) in [7, 11) is 2.04. The van der Waals surface area contributed by atoms with Crippen LogP contribution in [0.15, 0.2) is 0 Å². The summed E-state index contributed by atoms with van der Waals surface area (Å²) in [5.74, 6) is 0. The molecule has 0 N–H and O–H groups in total. The van der Waals surface area contributed by atoms with Crippen LogP contribution < -0.4 is 0 Å². The van der Waals surface area contributed by atoms with Crippen molar-refractivity contribution in [2.24, 2.45) is 5.41 Å². The minimum Gasteiger partial charge on any atom is -0.300 e. The normalized spacial score (nSPS) is 36.0. The van der Waals surface area contributed by atoms with Gasteiger partial charge in [0.25, 0.3) is 0 Å². The van der Waals surface area contributed by atoms with E-state index < -0.39 is 0 Å². The third kappa shape index (κ3) is 1.95. The van der Waals surface area contributed by atoms with Gasteiger partial charge in [-0.05, 0) is 33.2 Å². The van der Waals surface area contributed by atoms with Crippen LogP contribution in [0.4, 0.5) is 0 Å². The number of hydrogen-bond acceptors (Lipinski definition) is 3. The lowest BCUT2D eigenvalue weighted by Gasteiger charge is -2.41. The van der Waals surface area contributed by atoms with Crippen LogP contribution in [0.3, 0.4) is 0 Å². The van der Waals surface area contributed by atoms with Gasteiger partial charge in [-0.25, -0.2) is 0 Å². The lowest BCUT2D eigenvalue weighted by molar-refractivity contribution is -0.0889. The van der Waals surface area contributed by atoms with Gasteiger partial charge in [-0.1, -0.05) is 0 Å². The highest BCUT2D eigenvalue weighted by molar-refractivity contribution is 4.91. The van der Waals surface area contributed by atoms with E-state index in [1.807, 2.05) is 12.1 Å². The standard InChI is InChI=1S/C11H22N2O/c1-10(2)13-6-4-5-11(8-13)7-12(3)14-9-11/h10H,4-9H2,1-3H3. The van der Waals surface area contributed by atoms with E-state index in [4.69, 9.17) is 4.84 Å². The maximum Gasteiger partial charge on any atom is 0.0766 e. The first-order valence-corrected chi connectivity index (χ1v) is 5.69. The average molecular weight is 198 g/mol. The molecule has 2 fully saturated rings. The van der Waals surface area contributed by atoms with Crippen molar-refractivity contribution in [2.45, 2.75) is 32.7 Å². The van der Waals surface area contributed by atoms with E-state index in [0.717, 1.165) is 13.2 Å². The third-order valence-corrected chi connectivity index (χ3v) is 3.57. The molecule has 2 saturated heterocycles. The summed E-state index contributed by atoms with van der Waals surface area (Å²) in [5.41, 5.74) is 0.428. The molecule has 14 heavy (non-hydrogen) atoms. The summed E-state index contributed by atoms with van der Waals surface area (Å²) in [6.45, 7) is 9.10. The molecule has 0 aromatic heterocycles. The van der Waals surface area contributed by atoms with Crippen LogP contribution in [-0.4, -0.2) is 49.3 Å². The van der Waals surface area contributed by atoms with Crippen LogP contribution in [0.2, 0.25) is 0 Å². The van der Waals surface area contributed by atoms with Crippen LogP contribution in [0.1, 0.15) is 26.7 Å². The first-order valence-electron chi connectivity index (χ1n) is 5.69. The first kappa shape index (κ1) is 10.4. The molecule has 1 unspecified atom stereocenters. The Kier molecular flexibility index (Phi) is 2.82. The van der Waals surface area contributed by atoms with E-state index in [9.17, 15) is 0 Å². The van der Waals surface area contributed by atoms with Crippen molar-refractivity contribution in [3.05, 3.63) is 0 Å². The van der Waals surface area contributed by atoms with Crippen LogP contribution in [0.25, 0.3) is 0 Å². The molecule has 3 nitrogen and oxygen atoms in total. The molecule has 2 rings (SSSR count). The van der Waals surface area contributed by atoms with E-state index in [1.54, 1.807) is 0 Å². The number of nitrogens with zero attached hydrogens (tertiary/aromatic N) is 2. The Labute approximate surface area is 87.0 Å². The molecular weight excluding hydrogens is 176 g/mol. The van der Waals surface area contributed by atoms with Gasteiger partial charge in [0.15, 0.2) is 0 Å². The van der Waals surface area contributed by atoms with Gasteiger partial charge in [0.2, 0.25) is 0 Å². The molecule has 0 aliphatic carbocycles. The predicted molar refractivity (Wildman–Crippen MR) is 57.0 cm³/mol. The summed E-state index contributed by atoms with van der Waals surface area (Å²) in [4.78, 5) is 8.17. The molecule has 82 valence electrons. The number of hydroxylamine groups is 2. The number of hydrogen-bond donors (Lipinski definition) is 0. The maximum absolute atomic E-state index is 5.58. The van der Waals surface area contributed by atoms with Gasteiger partial charge in [-0.15, -0.1) is 0 Å². The Morgan fingerprint density at radius 3 is 2.64 bits per heavy atom. The molecule has 2 aliphatic rings. The van der Waals surface area contributed by atoms with Crippen molar-refractivity contribution in [1.29, 1.82) is 0 Å². The van der Waals surface area contributed by atoms with Crippen LogP contribution >= 0.6 is 0 Å². The molecule has 1 atom stereocenters. The fraction of sp³-hybridized carbons (Fsp3) is 1.00. The Morgan fingerprint density at radius 2 is 2.07 bits per heavy atom. The minimum absolute atomic E-state index is 0.428. The molecule has 3 heteroatoms. The Bertz CT molecular complexity index is 203. The van der Waals surface area contributed by atoms with Gasteiger partial charge in [0.05, 0.1) is 6.61 Å². The number of likely N-dealkylation sites (tertiary alicyclic amines) is 1. The summed E-state index contributed by atoms with van der Waals surface area (Å²) in [6, 6.07) is 0.679. The van der Waals surface area contributed by atoms with Crippen molar-refractivity contribution in [3.63, 3.8) is 0 Å². The zero-order chi connectivity index (χ0) is 10.2. The smallest absolute Gasteiger partial charge is 0.0766 e. The summed E-state index contributed by atoms with van der Waals surface area (Å²) in [6.07, 6.45) is 2.66. The fourth-order valence-corrected chi connectivity index (χ4v) is 2.74. The first-order chi connectivity index (χ1) is 6.61. The average Bonchev–Trinajstić information content (AvgIpc) is 2.47. The molecule has 2 heterocycles. The van der Waals surface area contributed by atoms with Crippen LogP contribution in [0.5, 0.6) is 0 Å². The molecule has 2 aliphatic heterocycles. The highest BCUT2D eigenvalue weighted by atomic mass is 16.7. The summed E-state index contributed by atoms with van der Waals surface area (Å²) in [5, 5.41) is 2.00. The maximum atomic E-state index is 5.58. The van der Waals surface area contributed by atoms with Gasteiger partial charge in [-0.3, -0.25) is 4.84 Å². The fourth-order valence-electron chi connectivity index (χ4n) is 2.74. The van der Waals surface area contributed by atoms with Gasteiger partial charge < -0.3 is 4.90 Å². The molecule has 0 aromatic carbocycles. The van der Waals surface area contributed by atoms with Gasteiger partial charge in [0.1, 0.15) is 0 Å². The third-order valence-electron chi connectivity index (χ3n) is 3.57. The lowest BCUT2D eigenvalue weighted by atomic mass is 9.80. The Hall–Kier alpha value is -0.120. The molecule has 1 spiro atoms. The number of rotatable bonds is 1. The van der Waals surface area contributed by atoms with Crippen LogP contribution in [-0.2, 0) is 4.84 Å². The van der Waals surface area contributed by atoms with E-state index in [0.29, 0.717) is 11.5 Å². The second-order valence-electron chi connectivity index (χ2n) is 5.23. The van der Waals surface area contributed by atoms with E-state index >= 15 is 0 Å². The van der Waals surface area contributed by atoms with Crippen molar-refractivity contribution in [1.82, 2.24) is 9.96 Å².